The summed E-state index contributed by atoms with van der Waals surface area (Å²) >= 11 is 0. The first kappa shape index (κ1) is 18.6. The molecule has 1 aromatic carbocycles. The van der Waals surface area contributed by atoms with E-state index >= 15 is 0 Å². The standard InChI is InChI=1S/C19H20N4O4S/c1-14-4-2-6-16(10-14)28(25,26)23-9-7-19(13-23)11-17(22-27-19)18(24)21-15-5-3-8-20-12-15/h2-6,8,10,12H,7,9,11,13H2,1H3,(H,21,24). The summed E-state index contributed by atoms with van der Waals surface area (Å²) in [5, 5.41) is 6.65. The van der Waals surface area contributed by atoms with Gasteiger partial charge in [0, 0.05) is 25.6 Å². The number of nitrogens with one attached hydrogen (secondary N) is 1. The lowest BCUT2D eigenvalue weighted by atomic mass is 9.96. The van der Waals surface area contributed by atoms with E-state index in [-0.39, 0.29) is 29.5 Å². The third kappa shape index (κ3) is 3.50. The Hall–Kier alpha value is -2.78. The average molecular weight is 400 g/mol. The van der Waals surface area contributed by atoms with Crippen molar-refractivity contribution in [2.24, 2.45) is 5.16 Å². The molecule has 1 spiro atoms. The van der Waals surface area contributed by atoms with Gasteiger partial charge in [-0.3, -0.25) is 9.78 Å². The van der Waals surface area contributed by atoms with Crippen LogP contribution >= 0.6 is 0 Å². The van der Waals surface area contributed by atoms with Gasteiger partial charge in [0.25, 0.3) is 5.91 Å². The van der Waals surface area contributed by atoms with Crippen LogP contribution in [0.25, 0.3) is 0 Å². The maximum Gasteiger partial charge on any atom is 0.273 e. The molecule has 3 heterocycles. The Morgan fingerprint density at radius 1 is 1.29 bits per heavy atom. The van der Waals surface area contributed by atoms with E-state index in [4.69, 9.17) is 4.84 Å². The number of carbonyl (C=O) groups excluding carboxylic acids is 1. The zero-order valence-corrected chi connectivity index (χ0v) is 16.1. The first-order valence-corrected chi connectivity index (χ1v) is 10.4. The smallest absolute Gasteiger partial charge is 0.273 e. The highest BCUT2D eigenvalue weighted by Gasteiger charge is 2.49. The van der Waals surface area contributed by atoms with Crippen molar-refractivity contribution < 1.29 is 18.0 Å². The number of sulfonamides is 1. The van der Waals surface area contributed by atoms with Crippen molar-refractivity contribution in [3.63, 3.8) is 0 Å². The lowest BCUT2D eigenvalue weighted by Crippen LogP contribution is -2.37. The van der Waals surface area contributed by atoms with Gasteiger partial charge in [-0.05, 0) is 36.8 Å². The lowest BCUT2D eigenvalue weighted by Gasteiger charge is -2.21. The molecule has 1 unspecified atom stereocenters. The van der Waals surface area contributed by atoms with Gasteiger partial charge in [-0.15, -0.1) is 0 Å². The number of aromatic nitrogens is 1. The number of anilines is 1. The highest BCUT2D eigenvalue weighted by atomic mass is 32.2. The fourth-order valence-electron chi connectivity index (χ4n) is 3.44. The van der Waals surface area contributed by atoms with E-state index in [2.05, 4.69) is 15.5 Å². The molecule has 1 atom stereocenters. The molecule has 28 heavy (non-hydrogen) atoms. The molecular formula is C19H20N4O4S. The van der Waals surface area contributed by atoms with Crippen LogP contribution in [0, 0.1) is 6.92 Å². The molecule has 1 aromatic heterocycles. The lowest BCUT2D eigenvalue weighted by molar-refractivity contribution is -0.110. The van der Waals surface area contributed by atoms with Crippen LogP contribution < -0.4 is 5.32 Å². The molecule has 0 radical (unpaired) electrons. The number of hydrogen-bond acceptors (Lipinski definition) is 6. The predicted octanol–water partition coefficient (Wildman–Crippen LogP) is 1.94. The summed E-state index contributed by atoms with van der Waals surface area (Å²) in [6, 6.07) is 10.3. The third-order valence-corrected chi connectivity index (χ3v) is 6.77. The molecule has 0 bridgehead atoms. The van der Waals surface area contributed by atoms with Crippen LogP contribution in [0.1, 0.15) is 18.4 Å². The van der Waals surface area contributed by atoms with Crippen LogP contribution in [0.4, 0.5) is 5.69 Å². The van der Waals surface area contributed by atoms with Gasteiger partial charge in [-0.2, -0.15) is 4.31 Å². The Balaban J connectivity index is 1.44. The molecule has 2 aliphatic rings. The Kier molecular flexibility index (Phi) is 4.64. The maximum absolute atomic E-state index is 12.9. The second kappa shape index (κ2) is 6.99. The molecule has 146 valence electrons. The topological polar surface area (TPSA) is 101 Å². The number of nitrogens with zero attached hydrogens (tertiary/aromatic N) is 3. The number of aryl methyl sites for hydroxylation is 1. The molecule has 1 amide bonds. The van der Waals surface area contributed by atoms with Crippen molar-refractivity contribution in [3.05, 3.63) is 54.4 Å². The van der Waals surface area contributed by atoms with Gasteiger partial charge >= 0.3 is 0 Å². The summed E-state index contributed by atoms with van der Waals surface area (Å²) in [5.41, 5.74) is 0.896. The number of benzene rings is 1. The fourth-order valence-corrected chi connectivity index (χ4v) is 5.06. The molecular weight excluding hydrogens is 380 g/mol. The van der Waals surface area contributed by atoms with Crippen LogP contribution in [0.2, 0.25) is 0 Å². The molecule has 9 heteroatoms. The molecule has 1 fully saturated rings. The second-order valence-electron chi connectivity index (χ2n) is 7.09. The summed E-state index contributed by atoms with van der Waals surface area (Å²) in [4.78, 5) is 22.2. The van der Waals surface area contributed by atoms with E-state index < -0.39 is 15.6 Å². The SMILES string of the molecule is Cc1cccc(S(=O)(=O)N2CCC3(CC(C(=O)Nc4cccnc4)=NO3)C2)c1. The largest absolute Gasteiger partial charge is 0.387 e. The van der Waals surface area contributed by atoms with Crippen LogP contribution in [0.15, 0.2) is 58.8 Å². The number of pyridine rings is 1. The van der Waals surface area contributed by atoms with Crippen molar-refractivity contribution in [2.45, 2.75) is 30.3 Å². The van der Waals surface area contributed by atoms with Gasteiger partial charge < -0.3 is 10.2 Å². The Labute approximate surface area is 163 Å². The van der Waals surface area contributed by atoms with Gasteiger partial charge in [0.2, 0.25) is 10.0 Å². The molecule has 4 rings (SSSR count). The van der Waals surface area contributed by atoms with Crippen molar-refractivity contribution in [3.8, 4) is 0 Å². The van der Waals surface area contributed by atoms with E-state index in [0.29, 0.717) is 18.7 Å². The van der Waals surface area contributed by atoms with E-state index in [1.807, 2.05) is 13.0 Å². The van der Waals surface area contributed by atoms with E-state index in [0.717, 1.165) is 5.56 Å². The summed E-state index contributed by atoms with van der Waals surface area (Å²) < 4.78 is 27.3. The first-order chi connectivity index (χ1) is 13.4. The number of rotatable bonds is 4. The average Bonchev–Trinajstić information content (AvgIpc) is 3.30. The minimum Gasteiger partial charge on any atom is -0.387 e. The Morgan fingerprint density at radius 2 is 2.14 bits per heavy atom. The van der Waals surface area contributed by atoms with Crippen molar-refractivity contribution in [1.29, 1.82) is 0 Å². The number of oxime groups is 1. The van der Waals surface area contributed by atoms with Crippen molar-refractivity contribution in [2.75, 3.05) is 18.4 Å². The summed E-state index contributed by atoms with van der Waals surface area (Å²) in [7, 11) is -3.62. The Morgan fingerprint density at radius 3 is 2.89 bits per heavy atom. The van der Waals surface area contributed by atoms with Gasteiger partial charge in [-0.1, -0.05) is 17.3 Å². The third-order valence-electron chi connectivity index (χ3n) is 4.93. The molecule has 2 aliphatic heterocycles. The Bertz CT molecular complexity index is 1040. The van der Waals surface area contributed by atoms with E-state index in [1.54, 1.807) is 36.5 Å². The number of carbonyl (C=O) groups is 1. The molecule has 8 nitrogen and oxygen atoms in total. The maximum atomic E-state index is 12.9. The van der Waals surface area contributed by atoms with Gasteiger partial charge in [0.15, 0.2) is 5.60 Å². The summed E-state index contributed by atoms with van der Waals surface area (Å²) in [6.07, 6.45) is 3.89. The molecule has 2 aromatic rings. The zero-order valence-electron chi connectivity index (χ0n) is 15.3. The van der Waals surface area contributed by atoms with Crippen LogP contribution in [-0.4, -0.2) is 48.0 Å². The monoisotopic (exact) mass is 400 g/mol. The van der Waals surface area contributed by atoms with Crippen LogP contribution in [0.5, 0.6) is 0 Å². The second-order valence-corrected chi connectivity index (χ2v) is 9.03. The number of hydrogen-bond donors (Lipinski definition) is 1. The van der Waals surface area contributed by atoms with Crippen LogP contribution in [0.3, 0.4) is 0 Å². The number of amides is 1. The van der Waals surface area contributed by atoms with Gasteiger partial charge in [0.05, 0.1) is 23.3 Å². The van der Waals surface area contributed by atoms with Crippen molar-refractivity contribution >= 4 is 27.3 Å². The van der Waals surface area contributed by atoms with E-state index in [1.165, 1.54) is 10.5 Å². The quantitative estimate of drug-likeness (QED) is 0.845. The summed E-state index contributed by atoms with van der Waals surface area (Å²) in [6.45, 7) is 2.34. The minimum absolute atomic E-state index is 0.163. The zero-order chi connectivity index (χ0) is 19.8. The first-order valence-electron chi connectivity index (χ1n) is 8.91. The highest BCUT2D eigenvalue weighted by molar-refractivity contribution is 7.89. The molecule has 1 saturated heterocycles. The molecule has 1 N–H and O–H groups in total. The van der Waals surface area contributed by atoms with E-state index in [9.17, 15) is 13.2 Å². The normalized spacial score (nSPS) is 22.1. The summed E-state index contributed by atoms with van der Waals surface area (Å²) in [5.74, 6) is -0.370. The van der Waals surface area contributed by atoms with Crippen molar-refractivity contribution in [1.82, 2.24) is 9.29 Å². The van der Waals surface area contributed by atoms with Gasteiger partial charge in [0.1, 0.15) is 5.71 Å². The van der Waals surface area contributed by atoms with Gasteiger partial charge in [-0.25, -0.2) is 8.42 Å². The minimum atomic E-state index is -3.62. The van der Waals surface area contributed by atoms with Crippen LogP contribution in [-0.2, 0) is 19.7 Å². The fraction of sp³-hybridized carbons (Fsp3) is 0.316. The highest BCUT2D eigenvalue weighted by Crippen LogP contribution is 2.36. The predicted molar refractivity (Wildman–Crippen MR) is 103 cm³/mol. The molecule has 0 saturated carbocycles. The molecule has 0 aliphatic carbocycles.